The molecule has 0 aliphatic carbocycles. The first-order chi connectivity index (χ1) is 3.43. The fourth-order valence-corrected chi connectivity index (χ4v) is 0.563. The van der Waals surface area contributed by atoms with Gasteiger partial charge in [0, 0.05) is 24.7 Å². The van der Waals surface area contributed by atoms with Gasteiger partial charge in [0.1, 0.15) is 0 Å². The molecular formula is C5H6N2. The van der Waals surface area contributed by atoms with E-state index in [2.05, 4.69) is 11.4 Å². The van der Waals surface area contributed by atoms with Crippen LogP contribution < -0.4 is 5.32 Å². The highest BCUT2D eigenvalue weighted by Crippen LogP contribution is 2.00. The number of nitrogens with one attached hydrogen (secondary N) is 1. The minimum absolute atomic E-state index is 0.861. The zero-order valence-electron chi connectivity index (χ0n) is 3.94. The molecule has 1 aliphatic heterocycles. The van der Waals surface area contributed by atoms with Crippen LogP contribution >= 0.6 is 0 Å². The van der Waals surface area contributed by atoms with E-state index in [1.807, 2.05) is 0 Å². The molecule has 0 radical (unpaired) electrons. The third kappa shape index (κ3) is 0.716. The maximum Gasteiger partial charge on any atom is 0.0962 e. The van der Waals surface area contributed by atoms with E-state index in [9.17, 15) is 0 Å². The summed E-state index contributed by atoms with van der Waals surface area (Å²) in [6, 6.07) is 2.06. The Bertz CT molecular complexity index is 130. The van der Waals surface area contributed by atoms with Crippen LogP contribution in [0.15, 0.2) is 11.8 Å². The van der Waals surface area contributed by atoms with Crippen molar-refractivity contribution in [3.05, 3.63) is 11.8 Å². The van der Waals surface area contributed by atoms with Gasteiger partial charge in [0.2, 0.25) is 0 Å². The molecule has 0 unspecified atom stereocenters. The van der Waals surface area contributed by atoms with Gasteiger partial charge in [0.15, 0.2) is 0 Å². The number of rotatable bonds is 0. The van der Waals surface area contributed by atoms with E-state index in [4.69, 9.17) is 5.26 Å². The van der Waals surface area contributed by atoms with Gasteiger partial charge in [-0.15, -0.1) is 0 Å². The lowest BCUT2D eigenvalue weighted by Crippen LogP contribution is -1.96. The highest BCUT2D eigenvalue weighted by molar-refractivity contribution is 5.22. The zero-order chi connectivity index (χ0) is 5.11. The van der Waals surface area contributed by atoms with Gasteiger partial charge in [-0.05, 0) is 0 Å². The first kappa shape index (κ1) is 4.20. The Morgan fingerprint density at radius 3 is 3.00 bits per heavy atom. The molecule has 0 atom stereocenters. The molecule has 0 aromatic rings. The molecule has 1 heterocycles. The molecule has 0 saturated heterocycles. The second-order valence-corrected chi connectivity index (χ2v) is 1.49. The van der Waals surface area contributed by atoms with Gasteiger partial charge in [0.25, 0.3) is 0 Å². The highest BCUT2D eigenvalue weighted by atomic mass is 14.8. The lowest BCUT2D eigenvalue weighted by Gasteiger charge is -1.78. The normalized spacial score (nSPS) is 17.3. The summed E-state index contributed by atoms with van der Waals surface area (Å²) in [5, 5.41) is 11.1. The molecule has 0 bridgehead atoms. The smallest absolute Gasteiger partial charge is 0.0962 e. The van der Waals surface area contributed by atoms with Crippen molar-refractivity contribution in [3.8, 4) is 6.07 Å². The Kier molecular flexibility index (Phi) is 0.991. The quantitative estimate of drug-likeness (QED) is 0.471. The summed E-state index contributed by atoms with van der Waals surface area (Å²) in [5.74, 6) is 0. The van der Waals surface area contributed by atoms with Gasteiger partial charge in [0.05, 0.1) is 6.07 Å². The summed E-state index contributed by atoms with van der Waals surface area (Å²) in [7, 11) is 0. The van der Waals surface area contributed by atoms with E-state index in [1.165, 1.54) is 0 Å². The monoisotopic (exact) mass is 94.1 g/mol. The van der Waals surface area contributed by atoms with Crippen LogP contribution in [0.25, 0.3) is 0 Å². The van der Waals surface area contributed by atoms with Gasteiger partial charge < -0.3 is 5.32 Å². The largest absolute Gasteiger partial charge is 0.390 e. The van der Waals surface area contributed by atoms with Gasteiger partial charge in [-0.3, -0.25) is 0 Å². The van der Waals surface area contributed by atoms with E-state index in [-0.39, 0.29) is 0 Å². The molecule has 1 N–H and O–H groups in total. The van der Waals surface area contributed by atoms with Gasteiger partial charge >= 0.3 is 0 Å². The van der Waals surface area contributed by atoms with Crippen molar-refractivity contribution < 1.29 is 0 Å². The van der Waals surface area contributed by atoms with Crippen molar-refractivity contribution in [1.29, 1.82) is 5.26 Å². The van der Waals surface area contributed by atoms with Crippen molar-refractivity contribution in [2.24, 2.45) is 0 Å². The zero-order valence-corrected chi connectivity index (χ0v) is 3.94. The van der Waals surface area contributed by atoms with Crippen LogP contribution in [0.2, 0.25) is 0 Å². The maximum absolute atomic E-state index is 8.21. The predicted molar refractivity (Wildman–Crippen MR) is 26.3 cm³/mol. The molecule has 1 aliphatic rings. The van der Waals surface area contributed by atoms with Crippen LogP contribution in [0, 0.1) is 11.3 Å². The molecule has 1 rings (SSSR count). The van der Waals surface area contributed by atoms with Crippen LogP contribution in [0.5, 0.6) is 0 Å². The molecule has 2 nitrogen and oxygen atoms in total. The summed E-state index contributed by atoms with van der Waals surface area (Å²) in [6.07, 6.45) is 2.66. The Balaban J connectivity index is 2.57. The van der Waals surface area contributed by atoms with Crippen molar-refractivity contribution in [2.45, 2.75) is 6.42 Å². The summed E-state index contributed by atoms with van der Waals surface area (Å²) in [5.41, 5.74) is 0.861. The van der Waals surface area contributed by atoms with E-state index in [0.29, 0.717) is 0 Å². The maximum atomic E-state index is 8.21. The fraction of sp³-hybridized carbons (Fsp3) is 0.400. The second kappa shape index (κ2) is 1.65. The van der Waals surface area contributed by atoms with Gasteiger partial charge in [-0.1, -0.05) is 0 Å². The van der Waals surface area contributed by atoms with Crippen LogP contribution in [0.4, 0.5) is 0 Å². The molecule has 0 spiro atoms. The standard InChI is InChI=1S/C5H6N2/c6-3-5-1-2-7-4-5/h4,7H,1-2H2. The van der Waals surface area contributed by atoms with Crippen molar-refractivity contribution in [2.75, 3.05) is 6.54 Å². The van der Waals surface area contributed by atoms with E-state index >= 15 is 0 Å². The second-order valence-electron chi connectivity index (χ2n) is 1.49. The third-order valence-corrected chi connectivity index (χ3v) is 0.959. The molecule has 2 heteroatoms. The number of nitriles is 1. The lowest BCUT2D eigenvalue weighted by atomic mass is 10.3. The minimum Gasteiger partial charge on any atom is -0.390 e. The van der Waals surface area contributed by atoms with Crippen LogP contribution in [0.3, 0.4) is 0 Å². The molecule has 0 fully saturated rings. The topological polar surface area (TPSA) is 35.8 Å². The SMILES string of the molecule is N#CC1=CNCC1. The van der Waals surface area contributed by atoms with Gasteiger partial charge in [-0.2, -0.15) is 5.26 Å². The molecule has 7 heavy (non-hydrogen) atoms. The van der Waals surface area contributed by atoms with E-state index in [0.717, 1.165) is 18.5 Å². The van der Waals surface area contributed by atoms with Crippen LogP contribution in [0.1, 0.15) is 6.42 Å². The Morgan fingerprint density at radius 2 is 2.71 bits per heavy atom. The molecule has 0 aromatic heterocycles. The van der Waals surface area contributed by atoms with Crippen molar-refractivity contribution in [3.63, 3.8) is 0 Å². The molecule has 0 amide bonds. The summed E-state index contributed by atoms with van der Waals surface area (Å²) in [4.78, 5) is 0. The summed E-state index contributed by atoms with van der Waals surface area (Å²) < 4.78 is 0. The average Bonchev–Trinajstić information content (AvgIpc) is 2.14. The number of nitrogens with zero attached hydrogens (tertiary/aromatic N) is 1. The van der Waals surface area contributed by atoms with E-state index < -0.39 is 0 Å². The Morgan fingerprint density at radius 1 is 1.86 bits per heavy atom. The first-order valence-corrected chi connectivity index (χ1v) is 2.26. The molecular weight excluding hydrogens is 88.1 g/mol. The van der Waals surface area contributed by atoms with Crippen molar-refractivity contribution >= 4 is 0 Å². The van der Waals surface area contributed by atoms with Crippen molar-refractivity contribution in [1.82, 2.24) is 5.32 Å². The third-order valence-electron chi connectivity index (χ3n) is 0.959. The first-order valence-electron chi connectivity index (χ1n) is 2.26. The molecule has 0 saturated carbocycles. The number of hydrogen-bond donors (Lipinski definition) is 1. The van der Waals surface area contributed by atoms with Gasteiger partial charge in [-0.25, -0.2) is 0 Å². The molecule has 0 aromatic carbocycles. The molecule has 36 valence electrons. The minimum atomic E-state index is 0.861. The summed E-state index contributed by atoms with van der Waals surface area (Å²) in [6.45, 7) is 0.933. The highest BCUT2D eigenvalue weighted by Gasteiger charge is 1.98. The predicted octanol–water partition coefficient (Wildman–Crippen LogP) is 0.387. The van der Waals surface area contributed by atoms with Crippen LogP contribution in [-0.4, -0.2) is 6.54 Å². The number of hydrogen-bond acceptors (Lipinski definition) is 2. The van der Waals surface area contributed by atoms with E-state index in [1.54, 1.807) is 6.20 Å². The lowest BCUT2D eigenvalue weighted by molar-refractivity contribution is 0.911. The van der Waals surface area contributed by atoms with Crippen LogP contribution in [-0.2, 0) is 0 Å². The summed E-state index contributed by atoms with van der Waals surface area (Å²) >= 11 is 0. The Labute approximate surface area is 42.4 Å². The Hall–Kier alpha value is -0.970. The fourth-order valence-electron chi connectivity index (χ4n) is 0.563. The average molecular weight is 94.1 g/mol.